The lowest BCUT2D eigenvalue weighted by molar-refractivity contribution is -0.136. The topological polar surface area (TPSA) is 79.0 Å². The van der Waals surface area contributed by atoms with E-state index in [0.29, 0.717) is 17.5 Å². The van der Waals surface area contributed by atoms with E-state index < -0.39 is 11.9 Å². The second-order valence-electron chi connectivity index (χ2n) is 9.73. The number of likely N-dealkylation sites (tertiary alicyclic amines) is 1. The van der Waals surface area contributed by atoms with Crippen LogP contribution in [0, 0.1) is 12.7 Å². The molecule has 35 heavy (non-hydrogen) atoms. The van der Waals surface area contributed by atoms with E-state index in [2.05, 4.69) is 23.2 Å². The largest absolute Gasteiger partial charge is 0.496 e. The van der Waals surface area contributed by atoms with Crippen molar-refractivity contribution < 1.29 is 23.5 Å². The Kier molecular flexibility index (Phi) is 6.32. The molecule has 1 unspecified atom stereocenters. The van der Waals surface area contributed by atoms with Gasteiger partial charge in [-0.2, -0.15) is 0 Å². The van der Waals surface area contributed by atoms with Crippen molar-refractivity contribution in [2.75, 3.05) is 20.2 Å². The molecule has 3 amide bonds. The van der Waals surface area contributed by atoms with Crippen molar-refractivity contribution in [3.05, 3.63) is 64.0 Å². The third kappa shape index (κ3) is 4.43. The van der Waals surface area contributed by atoms with Gasteiger partial charge in [0.05, 0.1) is 7.11 Å². The lowest BCUT2D eigenvalue weighted by atomic mass is 9.87. The summed E-state index contributed by atoms with van der Waals surface area (Å²) >= 11 is 0. The average molecular weight is 480 g/mol. The molecule has 0 bridgehead atoms. The zero-order chi connectivity index (χ0) is 24.7. The number of hydrogen-bond donors (Lipinski definition) is 1. The van der Waals surface area contributed by atoms with Crippen LogP contribution in [0.5, 0.6) is 5.75 Å². The predicted octanol–water partition coefficient (Wildman–Crippen LogP) is 3.28. The predicted molar refractivity (Wildman–Crippen MR) is 127 cm³/mol. The molecule has 5 rings (SSSR count). The Bertz CT molecular complexity index is 1190. The molecule has 2 fully saturated rings. The Hall–Kier alpha value is -3.26. The summed E-state index contributed by atoms with van der Waals surface area (Å²) in [6, 6.07) is 8.56. The molecule has 3 heterocycles. The van der Waals surface area contributed by atoms with Crippen LogP contribution in [0.25, 0.3) is 0 Å². The molecular formula is C27H30FN3O4. The fourth-order valence-corrected chi connectivity index (χ4v) is 5.62. The number of piperidine rings is 2. The smallest absolute Gasteiger partial charge is 0.255 e. The SMILES string of the molecule is COc1cccc(CN2CCC(c3cc4c(cc3F)C(=O)N(C3CCC(=O)NC3=O)C4)CC2)c1C. The minimum atomic E-state index is -0.692. The molecule has 2 saturated heterocycles. The maximum absolute atomic E-state index is 15.2. The molecule has 3 aliphatic rings. The van der Waals surface area contributed by atoms with Crippen LogP contribution in [0.4, 0.5) is 4.39 Å². The van der Waals surface area contributed by atoms with Gasteiger partial charge >= 0.3 is 0 Å². The van der Waals surface area contributed by atoms with Gasteiger partial charge in [-0.05, 0) is 79.6 Å². The van der Waals surface area contributed by atoms with Gasteiger partial charge in [-0.1, -0.05) is 18.2 Å². The highest BCUT2D eigenvalue weighted by molar-refractivity contribution is 6.05. The highest BCUT2D eigenvalue weighted by Gasteiger charge is 2.40. The molecule has 1 N–H and O–H groups in total. The van der Waals surface area contributed by atoms with Crippen LogP contribution >= 0.6 is 0 Å². The van der Waals surface area contributed by atoms with E-state index in [0.717, 1.165) is 49.4 Å². The van der Waals surface area contributed by atoms with Crippen molar-refractivity contribution in [2.45, 2.75) is 57.7 Å². The van der Waals surface area contributed by atoms with E-state index in [9.17, 15) is 14.4 Å². The molecule has 0 aliphatic carbocycles. The third-order valence-electron chi connectivity index (χ3n) is 7.68. The van der Waals surface area contributed by atoms with Gasteiger partial charge in [0.25, 0.3) is 5.91 Å². The summed E-state index contributed by atoms with van der Waals surface area (Å²) in [5, 5.41) is 2.30. The summed E-state index contributed by atoms with van der Waals surface area (Å²) in [7, 11) is 1.68. The number of carbonyl (C=O) groups is 3. The summed E-state index contributed by atoms with van der Waals surface area (Å²) in [5.74, 6) is -0.507. The molecule has 0 aromatic heterocycles. The van der Waals surface area contributed by atoms with Gasteiger partial charge in [0.2, 0.25) is 11.8 Å². The fraction of sp³-hybridized carbons (Fsp3) is 0.444. The van der Waals surface area contributed by atoms with Crippen molar-refractivity contribution in [3.63, 3.8) is 0 Å². The van der Waals surface area contributed by atoms with Gasteiger partial charge in [-0.15, -0.1) is 0 Å². The molecule has 8 heteroatoms. The summed E-state index contributed by atoms with van der Waals surface area (Å²) in [6.45, 7) is 4.89. The van der Waals surface area contributed by atoms with Crippen LogP contribution < -0.4 is 10.1 Å². The molecule has 0 spiro atoms. The number of rotatable bonds is 5. The zero-order valence-corrected chi connectivity index (χ0v) is 20.1. The number of benzene rings is 2. The first-order valence-electron chi connectivity index (χ1n) is 12.2. The maximum Gasteiger partial charge on any atom is 0.255 e. The average Bonchev–Trinajstić information content (AvgIpc) is 3.15. The number of amides is 3. The lowest BCUT2D eigenvalue weighted by Gasteiger charge is -2.33. The number of hydrogen-bond acceptors (Lipinski definition) is 5. The number of methoxy groups -OCH3 is 1. The van der Waals surface area contributed by atoms with Crippen molar-refractivity contribution in [2.24, 2.45) is 0 Å². The molecule has 3 aliphatic heterocycles. The molecule has 0 radical (unpaired) electrons. The maximum atomic E-state index is 15.2. The van der Waals surface area contributed by atoms with Gasteiger partial charge in [0.15, 0.2) is 0 Å². The highest BCUT2D eigenvalue weighted by Crippen LogP contribution is 2.36. The summed E-state index contributed by atoms with van der Waals surface area (Å²) < 4.78 is 20.6. The van der Waals surface area contributed by atoms with Crippen LogP contribution in [0.3, 0.4) is 0 Å². The number of fused-ring (bicyclic) bond motifs is 1. The first kappa shape index (κ1) is 23.5. The Balaban J connectivity index is 1.26. The van der Waals surface area contributed by atoms with Crippen LogP contribution in [-0.2, 0) is 22.7 Å². The van der Waals surface area contributed by atoms with Crippen molar-refractivity contribution in [1.82, 2.24) is 15.1 Å². The van der Waals surface area contributed by atoms with E-state index >= 15 is 4.39 Å². The van der Waals surface area contributed by atoms with E-state index in [1.165, 1.54) is 16.5 Å². The first-order chi connectivity index (χ1) is 16.9. The fourth-order valence-electron chi connectivity index (χ4n) is 5.62. The summed E-state index contributed by atoms with van der Waals surface area (Å²) in [4.78, 5) is 40.5. The van der Waals surface area contributed by atoms with Crippen LogP contribution in [0.2, 0.25) is 0 Å². The molecule has 2 aromatic rings. The van der Waals surface area contributed by atoms with Crippen molar-refractivity contribution >= 4 is 17.7 Å². The Morgan fingerprint density at radius 2 is 1.89 bits per heavy atom. The van der Waals surface area contributed by atoms with Gasteiger partial charge in [0, 0.05) is 25.1 Å². The molecule has 7 nitrogen and oxygen atoms in total. The van der Waals surface area contributed by atoms with Gasteiger partial charge in [0.1, 0.15) is 17.6 Å². The van der Waals surface area contributed by atoms with Crippen molar-refractivity contribution in [1.29, 1.82) is 0 Å². The number of imide groups is 1. The molecule has 0 saturated carbocycles. The number of ether oxygens (including phenoxy) is 1. The van der Waals surface area contributed by atoms with E-state index in [1.807, 2.05) is 18.2 Å². The monoisotopic (exact) mass is 479 g/mol. The molecule has 184 valence electrons. The van der Waals surface area contributed by atoms with E-state index in [-0.39, 0.29) is 36.5 Å². The summed E-state index contributed by atoms with van der Waals surface area (Å²) in [5.41, 5.74) is 4.11. The Labute approximate surface area is 204 Å². The van der Waals surface area contributed by atoms with Gasteiger partial charge in [-0.25, -0.2) is 4.39 Å². The Morgan fingerprint density at radius 1 is 1.11 bits per heavy atom. The number of nitrogens with one attached hydrogen (secondary N) is 1. The number of carbonyl (C=O) groups excluding carboxylic acids is 3. The second kappa shape index (κ2) is 9.41. The quantitative estimate of drug-likeness (QED) is 0.666. The van der Waals surface area contributed by atoms with Crippen LogP contribution in [0.1, 0.15) is 64.2 Å². The van der Waals surface area contributed by atoms with E-state index in [1.54, 1.807) is 7.11 Å². The van der Waals surface area contributed by atoms with Gasteiger partial charge < -0.3 is 9.64 Å². The lowest BCUT2D eigenvalue weighted by Crippen LogP contribution is -2.52. The normalized spacial score (nSPS) is 21.3. The van der Waals surface area contributed by atoms with E-state index in [4.69, 9.17) is 4.74 Å². The van der Waals surface area contributed by atoms with Crippen LogP contribution in [0.15, 0.2) is 30.3 Å². The highest BCUT2D eigenvalue weighted by atomic mass is 19.1. The zero-order valence-electron chi connectivity index (χ0n) is 20.1. The Morgan fingerprint density at radius 3 is 2.60 bits per heavy atom. The minimum Gasteiger partial charge on any atom is -0.496 e. The third-order valence-corrected chi connectivity index (χ3v) is 7.68. The second-order valence-corrected chi connectivity index (χ2v) is 9.73. The number of halogens is 1. The molecular weight excluding hydrogens is 449 g/mol. The van der Waals surface area contributed by atoms with Crippen molar-refractivity contribution in [3.8, 4) is 5.75 Å². The number of nitrogens with zero attached hydrogens (tertiary/aromatic N) is 2. The standard InChI is InChI=1S/C27H30FN3O4/c1-16-18(4-3-5-24(16)35-2)14-30-10-8-17(9-11-30)20-12-19-15-31(27(34)21(19)13-22(20)28)23-6-7-25(32)29-26(23)33/h3-5,12-13,17,23H,6-11,14-15H2,1-2H3,(H,29,32,33). The summed E-state index contributed by atoms with van der Waals surface area (Å²) in [6.07, 6.45) is 2.17. The minimum absolute atomic E-state index is 0.0858. The van der Waals surface area contributed by atoms with Crippen LogP contribution in [-0.4, -0.2) is 53.8 Å². The van der Waals surface area contributed by atoms with Gasteiger partial charge in [-0.3, -0.25) is 24.6 Å². The molecule has 2 aromatic carbocycles. The first-order valence-corrected chi connectivity index (χ1v) is 12.2. The molecule has 1 atom stereocenters.